The number of aromatic nitrogens is 3. The molecule has 0 fully saturated rings. The molecule has 3 rings (SSSR count). The molecule has 0 bridgehead atoms. The first-order chi connectivity index (χ1) is 11.3. The lowest BCUT2D eigenvalue weighted by Crippen LogP contribution is -2.23. The highest BCUT2D eigenvalue weighted by Crippen LogP contribution is 2.11. The Bertz CT molecular complexity index is 759. The van der Waals surface area contributed by atoms with Gasteiger partial charge in [0.15, 0.2) is 0 Å². The molecule has 0 unspecified atom stereocenters. The summed E-state index contributed by atoms with van der Waals surface area (Å²) in [5, 5.41) is 6.37. The van der Waals surface area contributed by atoms with Gasteiger partial charge in [-0.1, -0.05) is 41.6 Å². The number of ether oxygens (including phenoxy) is 1. The van der Waals surface area contributed by atoms with Crippen molar-refractivity contribution in [3.05, 3.63) is 66.2 Å². The van der Waals surface area contributed by atoms with Gasteiger partial charge in [0.05, 0.1) is 0 Å². The molecule has 1 N–H and O–H groups in total. The van der Waals surface area contributed by atoms with Crippen molar-refractivity contribution >= 4 is 6.09 Å². The van der Waals surface area contributed by atoms with Gasteiger partial charge in [0.2, 0.25) is 11.7 Å². The maximum Gasteiger partial charge on any atom is 0.407 e. The summed E-state index contributed by atoms with van der Waals surface area (Å²) < 4.78 is 10.1. The van der Waals surface area contributed by atoms with Crippen LogP contribution in [-0.2, 0) is 17.9 Å². The van der Waals surface area contributed by atoms with E-state index in [0.717, 1.165) is 5.56 Å². The van der Waals surface area contributed by atoms with E-state index in [1.54, 1.807) is 18.3 Å². The largest absolute Gasteiger partial charge is 0.445 e. The molecule has 7 nitrogen and oxygen atoms in total. The minimum Gasteiger partial charge on any atom is -0.445 e. The first-order valence-electron chi connectivity index (χ1n) is 7.00. The zero-order chi connectivity index (χ0) is 15.9. The number of hydrogen-bond acceptors (Lipinski definition) is 6. The van der Waals surface area contributed by atoms with Crippen molar-refractivity contribution in [3.63, 3.8) is 0 Å². The van der Waals surface area contributed by atoms with E-state index in [-0.39, 0.29) is 19.0 Å². The monoisotopic (exact) mass is 310 g/mol. The highest BCUT2D eigenvalue weighted by atomic mass is 16.5. The first kappa shape index (κ1) is 14.7. The Balaban J connectivity index is 1.49. The minimum absolute atomic E-state index is 0.0907. The second kappa shape index (κ2) is 7.17. The molecule has 1 aromatic carbocycles. The maximum absolute atomic E-state index is 11.6. The number of hydrogen-bond donors (Lipinski definition) is 1. The summed E-state index contributed by atoms with van der Waals surface area (Å²) in [7, 11) is 0. The van der Waals surface area contributed by atoms with Gasteiger partial charge >= 0.3 is 6.09 Å². The lowest BCUT2D eigenvalue weighted by Gasteiger charge is -2.04. The van der Waals surface area contributed by atoms with Crippen LogP contribution in [0.15, 0.2) is 59.3 Å². The number of benzene rings is 1. The molecule has 116 valence electrons. The van der Waals surface area contributed by atoms with Crippen LogP contribution in [0.2, 0.25) is 0 Å². The third-order valence-electron chi connectivity index (χ3n) is 2.96. The Morgan fingerprint density at radius 3 is 2.74 bits per heavy atom. The molecule has 0 aliphatic heterocycles. The maximum atomic E-state index is 11.6. The molecule has 0 saturated carbocycles. The van der Waals surface area contributed by atoms with Gasteiger partial charge < -0.3 is 14.6 Å². The average Bonchev–Trinajstić information content (AvgIpc) is 3.09. The molecule has 3 aromatic rings. The second-order valence-electron chi connectivity index (χ2n) is 4.64. The summed E-state index contributed by atoms with van der Waals surface area (Å²) in [4.78, 5) is 19.9. The lowest BCUT2D eigenvalue weighted by atomic mass is 10.2. The Morgan fingerprint density at radius 2 is 1.96 bits per heavy atom. The number of nitrogens with zero attached hydrogens (tertiary/aromatic N) is 3. The average molecular weight is 310 g/mol. The van der Waals surface area contributed by atoms with E-state index in [1.165, 1.54) is 0 Å². The molecule has 2 heterocycles. The van der Waals surface area contributed by atoms with E-state index >= 15 is 0 Å². The predicted molar refractivity (Wildman–Crippen MR) is 81.0 cm³/mol. The summed E-state index contributed by atoms with van der Waals surface area (Å²) in [5.74, 6) is 0.655. The van der Waals surface area contributed by atoms with Gasteiger partial charge in [-0.15, -0.1) is 0 Å². The quantitative estimate of drug-likeness (QED) is 0.779. The van der Waals surface area contributed by atoms with Crippen molar-refractivity contribution in [3.8, 4) is 11.5 Å². The van der Waals surface area contributed by atoms with Gasteiger partial charge in [0.25, 0.3) is 0 Å². The molecule has 1 amide bonds. The van der Waals surface area contributed by atoms with Crippen LogP contribution in [0.25, 0.3) is 11.5 Å². The third-order valence-corrected chi connectivity index (χ3v) is 2.96. The summed E-state index contributed by atoms with van der Waals surface area (Å²) in [6, 6.07) is 14.8. The molecule has 0 aliphatic rings. The van der Waals surface area contributed by atoms with E-state index in [0.29, 0.717) is 11.5 Å². The standard InChI is InChI=1S/C16H14N4O3/c21-16(22-11-12-6-2-1-3-7-12)18-10-14-19-15(20-23-14)13-8-4-5-9-17-13/h1-9H,10-11H2,(H,18,21). The Morgan fingerprint density at radius 1 is 1.13 bits per heavy atom. The molecule has 7 heteroatoms. The topological polar surface area (TPSA) is 90.1 Å². The number of nitrogens with one attached hydrogen (secondary N) is 1. The number of rotatable bonds is 5. The lowest BCUT2D eigenvalue weighted by molar-refractivity contribution is 0.138. The summed E-state index contributed by atoms with van der Waals surface area (Å²) >= 11 is 0. The van der Waals surface area contributed by atoms with Gasteiger partial charge in [-0.2, -0.15) is 4.98 Å². The summed E-state index contributed by atoms with van der Waals surface area (Å²) in [6.07, 6.45) is 1.09. The van der Waals surface area contributed by atoms with Crippen molar-refractivity contribution in [2.45, 2.75) is 13.2 Å². The van der Waals surface area contributed by atoms with E-state index in [4.69, 9.17) is 9.26 Å². The summed E-state index contributed by atoms with van der Waals surface area (Å²) in [5.41, 5.74) is 1.52. The smallest absolute Gasteiger partial charge is 0.407 e. The molecule has 2 aromatic heterocycles. The van der Waals surface area contributed by atoms with Crippen molar-refractivity contribution in [2.24, 2.45) is 0 Å². The van der Waals surface area contributed by atoms with Crippen LogP contribution >= 0.6 is 0 Å². The van der Waals surface area contributed by atoms with Gasteiger partial charge in [0.1, 0.15) is 18.8 Å². The van der Waals surface area contributed by atoms with Crippen LogP contribution in [0.5, 0.6) is 0 Å². The SMILES string of the molecule is O=C(NCc1nc(-c2ccccn2)no1)OCc1ccccc1. The fraction of sp³-hybridized carbons (Fsp3) is 0.125. The highest BCUT2D eigenvalue weighted by molar-refractivity contribution is 5.67. The van der Waals surface area contributed by atoms with Crippen LogP contribution in [0.3, 0.4) is 0 Å². The number of amides is 1. The fourth-order valence-electron chi connectivity index (χ4n) is 1.85. The van der Waals surface area contributed by atoms with Crippen LogP contribution in [0.4, 0.5) is 4.79 Å². The number of carbonyl (C=O) groups excluding carboxylic acids is 1. The molecule has 23 heavy (non-hydrogen) atoms. The Kier molecular flexibility index (Phi) is 4.58. The van der Waals surface area contributed by atoms with Crippen molar-refractivity contribution in [1.29, 1.82) is 0 Å². The van der Waals surface area contributed by atoms with Gasteiger partial charge in [-0.05, 0) is 17.7 Å². The molecule has 0 spiro atoms. The molecule has 0 radical (unpaired) electrons. The van der Waals surface area contributed by atoms with Crippen molar-refractivity contribution in [1.82, 2.24) is 20.4 Å². The second-order valence-corrected chi connectivity index (χ2v) is 4.64. The van der Waals surface area contributed by atoms with Crippen molar-refractivity contribution < 1.29 is 14.1 Å². The third kappa shape index (κ3) is 4.13. The zero-order valence-corrected chi connectivity index (χ0v) is 12.2. The van der Waals surface area contributed by atoms with E-state index in [2.05, 4.69) is 20.4 Å². The first-order valence-corrected chi connectivity index (χ1v) is 7.00. The van der Waals surface area contributed by atoms with Crippen LogP contribution in [0, 0.1) is 0 Å². The molecule has 0 atom stereocenters. The summed E-state index contributed by atoms with van der Waals surface area (Å²) in [6.45, 7) is 0.295. The normalized spacial score (nSPS) is 10.3. The minimum atomic E-state index is -0.550. The van der Waals surface area contributed by atoms with E-state index in [9.17, 15) is 4.79 Å². The van der Waals surface area contributed by atoms with Crippen LogP contribution in [0.1, 0.15) is 11.5 Å². The molecular formula is C16H14N4O3. The zero-order valence-electron chi connectivity index (χ0n) is 12.2. The van der Waals surface area contributed by atoms with Crippen molar-refractivity contribution in [2.75, 3.05) is 0 Å². The highest BCUT2D eigenvalue weighted by Gasteiger charge is 2.10. The van der Waals surface area contributed by atoms with Crippen LogP contribution < -0.4 is 5.32 Å². The van der Waals surface area contributed by atoms with E-state index in [1.807, 2.05) is 36.4 Å². The fourth-order valence-corrected chi connectivity index (χ4v) is 1.85. The Labute approximate surface area is 132 Å². The molecule has 0 saturated heterocycles. The number of alkyl carbamates (subject to hydrolysis) is 1. The molecule has 0 aliphatic carbocycles. The molecular weight excluding hydrogens is 296 g/mol. The van der Waals surface area contributed by atoms with E-state index < -0.39 is 6.09 Å². The van der Waals surface area contributed by atoms with Gasteiger partial charge in [-0.25, -0.2) is 4.79 Å². The van der Waals surface area contributed by atoms with Crippen LogP contribution in [-0.4, -0.2) is 21.2 Å². The predicted octanol–water partition coefficient (Wildman–Crippen LogP) is 2.56. The van der Waals surface area contributed by atoms with Gasteiger partial charge in [0, 0.05) is 6.20 Å². The Hall–Kier alpha value is -3.22. The number of pyridine rings is 1. The van der Waals surface area contributed by atoms with Gasteiger partial charge in [-0.3, -0.25) is 4.98 Å². The number of carbonyl (C=O) groups is 1.